The average Bonchev–Trinajstić information content (AvgIpc) is 0. The first-order valence-corrected chi connectivity index (χ1v) is 0. The summed E-state index contributed by atoms with van der Waals surface area (Å²) in [6, 6.07) is 0. The van der Waals surface area contributed by atoms with Crippen LogP contribution in [0, 0.1) is 0 Å². The molecule has 0 aliphatic rings. The first-order chi connectivity index (χ1) is 0. The predicted octanol–water partition coefficient (Wildman–Crippen LogP) is -13.9. The van der Waals surface area contributed by atoms with Crippen molar-refractivity contribution in [3.63, 3.8) is 0 Å². The van der Waals surface area contributed by atoms with Gasteiger partial charge in [0.15, 0.2) is 0 Å². The third-order valence-corrected chi connectivity index (χ3v) is 0. The minimum absolute atomic E-state index is 0. The quantitative estimate of drug-likeness (QED) is 0.402. The summed E-state index contributed by atoms with van der Waals surface area (Å²) in [6.45, 7) is 0. The molecule has 0 spiro atoms. The van der Waals surface area contributed by atoms with Crippen molar-refractivity contribution in [2.24, 2.45) is 0 Å². The van der Waals surface area contributed by atoms with Crippen molar-refractivity contribution in [1.29, 1.82) is 0 Å². The van der Waals surface area contributed by atoms with E-state index in [1.54, 1.807) is 0 Å². The molecule has 0 fully saturated rings. The van der Waals surface area contributed by atoms with E-state index < -0.39 is 0 Å². The molecule has 6 nitrogen and oxygen atoms in total. The van der Waals surface area contributed by atoms with Gasteiger partial charge in [0.1, 0.15) is 0 Å². The van der Waals surface area contributed by atoms with E-state index in [1.165, 1.54) is 0 Å². The summed E-state index contributed by atoms with van der Waals surface area (Å²) < 4.78 is 0. The van der Waals surface area contributed by atoms with E-state index in [1.807, 2.05) is 0 Å². The van der Waals surface area contributed by atoms with E-state index in [-0.39, 0.29) is 87.4 Å². The Balaban J connectivity index is 0. The fourth-order valence-electron chi connectivity index (χ4n) is 0. The Morgan fingerprint density at radius 1 is 0.300 bits per heavy atom. The largest absolute Gasteiger partial charge is 1.00 e. The normalized spacial score (nSPS) is 0. The molecule has 0 aliphatic carbocycles. The van der Waals surface area contributed by atoms with Crippen LogP contribution in [0.2, 0.25) is 0 Å². The summed E-state index contributed by atoms with van der Waals surface area (Å²) in [6.07, 6.45) is 0. The summed E-state index contributed by atoms with van der Waals surface area (Å²) in [5.74, 6) is 0. The molecule has 0 aromatic rings. The average molecular weight is 266 g/mol. The van der Waals surface area contributed by atoms with Crippen LogP contribution in [0.4, 0.5) is 0 Å². The molecule has 78 valence electrons. The Hall–Kier alpha value is 1.16. The van der Waals surface area contributed by atoms with Gasteiger partial charge in [0.25, 0.3) is 0 Å². The number of rotatable bonds is 0. The molecular formula is H12Cl3CrO6-3. The summed E-state index contributed by atoms with van der Waals surface area (Å²) in [5.41, 5.74) is 0. The minimum atomic E-state index is 0. The third-order valence-electron chi connectivity index (χ3n) is 0. The van der Waals surface area contributed by atoms with Crippen LogP contribution in [-0.4, -0.2) is 32.9 Å². The number of halogens is 3. The van der Waals surface area contributed by atoms with E-state index in [9.17, 15) is 0 Å². The molecule has 0 aromatic carbocycles. The molecule has 0 unspecified atom stereocenters. The van der Waals surface area contributed by atoms with E-state index in [0.717, 1.165) is 0 Å². The fraction of sp³-hybridized carbons (Fsp3) is 0. The van der Waals surface area contributed by atoms with Crippen LogP contribution in [0.25, 0.3) is 0 Å². The second kappa shape index (κ2) is 631. The monoisotopic (exact) mass is 265 g/mol. The van der Waals surface area contributed by atoms with Gasteiger partial charge in [0, 0.05) is 17.4 Å². The molecule has 0 aromatic heterocycles. The first kappa shape index (κ1) is 853. The van der Waals surface area contributed by atoms with Gasteiger partial charge in [-0.15, -0.1) is 0 Å². The maximum atomic E-state index is 0. The molecule has 0 aliphatic heterocycles. The third kappa shape index (κ3) is 452. The number of hydrogen-bond donors (Lipinski definition) is 0. The van der Waals surface area contributed by atoms with E-state index in [2.05, 4.69) is 0 Å². The molecular weight excluding hydrogens is 254 g/mol. The Morgan fingerprint density at radius 3 is 0.300 bits per heavy atom. The zero-order chi connectivity index (χ0) is 0. The Kier molecular flexibility index (Phi) is 53900. The van der Waals surface area contributed by atoms with Crippen LogP contribution in [-0.2, 0) is 17.4 Å². The second-order valence-corrected chi connectivity index (χ2v) is 0. The molecule has 0 rings (SSSR count). The van der Waals surface area contributed by atoms with E-state index >= 15 is 0 Å². The van der Waals surface area contributed by atoms with Gasteiger partial charge in [0.05, 0.1) is 0 Å². The zero-order valence-electron chi connectivity index (χ0n) is 4.54. The van der Waals surface area contributed by atoms with Crippen molar-refractivity contribution in [2.75, 3.05) is 0 Å². The second-order valence-electron chi connectivity index (χ2n) is 0. The van der Waals surface area contributed by atoms with E-state index in [4.69, 9.17) is 0 Å². The SMILES string of the molecule is O.O.O.O.O.O.[Cl-].[Cl-].[Cl-].[Cr]. The molecule has 0 radical (unpaired) electrons. The van der Waals surface area contributed by atoms with Gasteiger partial charge >= 0.3 is 0 Å². The Bertz CT molecular complexity index is 13.0. The van der Waals surface area contributed by atoms with Crippen LogP contribution in [0.1, 0.15) is 0 Å². The van der Waals surface area contributed by atoms with Crippen LogP contribution in [0.15, 0.2) is 0 Å². The molecule has 0 atom stereocenters. The molecule has 0 bridgehead atoms. The van der Waals surface area contributed by atoms with E-state index in [0.29, 0.717) is 0 Å². The molecule has 10 heavy (non-hydrogen) atoms. The van der Waals surface area contributed by atoms with Gasteiger partial charge in [0.2, 0.25) is 0 Å². The fourth-order valence-corrected chi connectivity index (χ4v) is 0. The van der Waals surface area contributed by atoms with Crippen LogP contribution in [0.5, 0.6) is 0 Å². The van der Waals surface area contributed by atoms with Crippen LogP contribution in [0.3, 0.4) is 0 Å². The summed E-state index contributed by atoms with van der Waals surface area (Å²) in [4.78, 5) is 0. The summed E-state index contributed by atoms with van der Waals surface area (Å²) >= 11 is 0. The van der Waals surface area contributed by atoms with Crippen molar-refractivity contribution >= 4 is 0 Å². The van der Waals surface area contributed by atoms with Gasteiger partial charge in [-0.2, -0.15) is 0 Å². The summed E-state index contributed by atoms with van der Waals surface area (Å²) in [5, 5.41) is 0. The predicted molar refractivity (Wildman–Crippen MR) is 21.7 cm³/mol. The molecule has 12 N–H and O–H groups in total. The van der Waals surface area contributed by atoms with Gasteiger partial charge in [-0.05, 0) is 0 Å². The smallest absolute Gasteiger partial charge is 0 e. The van der Waals surface area contributed by atoms with Gasteiger partial charge < -0.3 is 70.1 Å². The summed E-state index contributed by atoms with van der Waals surface area (Å²) in [7, 11) is 0. The molecule has 10 heteroatoms. The molecule has 0 saturated carbocycles. The Labute approximate surface area is 87.6 Å². The first-order valence-electron chi connectivity index (χ1n) is 0. The van der Waals surface area contributed by atoms with Crippen molar-refractivity contribution in [3.05, 3.63) is 0 Å². The minimum Gasteiger partial charge on any atom is -1.00 e. The van der Waals surface area contributed by atoms with Crippen molar-refractivity contribution in [1.82, 2.24) is 0 Å². The van der Waals surface area contributed by atoms with Crippen LogP contribution >= 0.6 is 0 Å². The van der Waals surface area contributed by atoms with Crippen molar-refractivity contribution < 1.29 is 87.4 Å². The standard InChI is InChI=1S/3ClH.Cr.6H2O/h3*1H;;6*1H2/p-3. The Morgan fingerprint density at radius 2 is 0.300 bits per heavy atom. The molecule has 0 heterocycles. The van der Waals surface area contributed by atoms with Crippen molar-refractivity contribution in [2.45, 2.75) is 0 Å². The topological polar surface area (TPSA) is 189 Å². The van der Waals surface area contributed by atoms with Crippen LogP contribution < -0.4 is 37.2 Å². The van der Waals surface area contributed by atoms with Gasteiger partial charge in [-0.1, -0.05) is 0 Å². The van der Waals surface area contributed by atoms with Gasteiger partial charge in [-0.3, -0.25) is 0 Å². The van der Waals surface area contributed by atoms with Crippen molar-refractivity contribution in [3.8, 4) is 0 Å². The molecule has 0 saturated heterocycles. The zero-order valence-corrected chi connectivity index (χ0v) is 8.08. The molecule has 0 amide bonds. The number of hydrogen-bond acceptors (Lipinski definition) is 0. The maximum absolute atomic E-state index is 0. The maximum Gasteiger partial charge on any atom is 0 e. The van der Waals surface area contributed by atoms with Gasteiger partial charge in [-0.25, -0.2) is 0 Å².